The van der Waals surface area contributed by atoms with Crippen LogP contribution in [0.25, 0.3) is 0 Å². The number of ether oxygens (including phenoxy) is 2. The summed E-state index contributed by atoms with van der Waals surface area (Å²) >= 11 is 0. The van der Waals surface area contributed by atoms with E-state index in [0.717, 1.165) is 55.5 Å². The summed E-state index contributed by atoms with van der Waals surface area (Å²) in [7, 11) is 0. The van der Waals surface area contributed by atoms with Crippen molar-refractivity contribution in [3.63, 3.8) is 0 Å². The number of nitrogens with zero attached hydrogens (tertiary/aromatic N) is 2. The number of nitrogens with one attached hydrogen (secondary N) is 1. The van der Waals surface area contributed by atoms with Gasteiger partial charge < -0.3 is 14.8 Å². The van der Waals surface area contributed by atoms with Crippen molar-refractivity contribution < 1.29 is 9.47 Å². The molecule has 0 spiro atoms. The maximum absolute atomic E-state index is 5.59. The topological polar surface area (TPSA) is 46.6 Å². The first-order chi connectivity index (χ1) is 11.8. The number of rotatable bonds is 3. The molecule has 2 aliphatic rings. The van der Waals surface area contributed by atoms with Gasteiger partial charge in [0.2, 0.25) is 6.79 Å². The van der Waals surface area contributed by atoms with Crippen molar-refractivity contribution in [2.75, 3.05) is 33.0 Å². The highest BCUT2D eigenvalue weighted by Gasteiger charge is 2.26. The third-order valence-electron chi connectivity index (χ3n) is 4.64. The molecule has 1 aromatic carbocycles. The molecule has 0 bridgehead atoms. The number of benzene rings is 1. The molecule has 24 heavy (non-hydrogen) atoms. The minimum Gasteiger partial charge on any atom is -0.454 e. The first-order valence-corrected chi connectivity index (χ1v) is 8.59. The lowest BCUT2D eigenvalue weighted by Crippen LogP contribution is -2.33. The number of hydrogen-bond donors (Lipinski definition) is 1. The fourth-order valence-electron chi connectivity index (χ4n) is 3.49. The first kappa shape index (κ1) is 15.4. The van der Waals surface area contributed by atoms with E-state index in [9.17, 15) is 0 Å². The second-order valence-corrected chi connectivity index (χ2v) is 6.36. The lowest BCUT2D eigenvalue weighted by molar-refractivity contribution is 0.173. The Kier molecular flexibility index (Phi) is 4.36. The molecule has 1 fully saturated rings. The SMILES string of the molecule is Cc1cccc(C(c2ccc3c(c2)OCO3)N2CCCNCC2)n1. The Labute approximate surface area is 142 Å². The molecule has 5 nitrogen and oxygen atoms in total. The number of aromatic nitrogens is 1. The average molecular weight is 325 g/mol. The maximum atomic E-state index is 5.59. The van der Waals surface area contributed by atoms with Gasteiger partial charge in [0, 0.05) is 25.3 Å². The minimum absolute atomic E-state index is 0.138. The Hall–Kier alpha value is -2.11. The Morgan fingerprint density at radius 2 is 2.00 bits per heavy atom. The van der Waals surface area contributed by atoms with Gasteiger partial charge in [-0.05, 0) is 49.7 Å². The highest BCUT2D eigenvalue weighted by atomic mass is 16.7. The maximum Gasteiger partial charge on any atom is 0.231 e. The van der Waals surface area contributed by atoms with Crippen molar-refractivity contribution in [2.24, 2.45) is 0 Å². The number of pyridine rings is 1. The molecule has 0 amide bonds. The van der Waals surface area contributed by atoms with Crippen LogP contribution in [0.3, 0.4) is 0 Å². The second-order valence-electron chi connectivity index (χ2n) is 6.36. The third-order valence-corrected chi connectivity index (χ3v) is 4.64. The van der Waals surface area contributed by atoms with Crippen LogP contribution in [0.1, 0.15) is 29.4 Å². The molecule has 2 aromatic rings. The molecule has 5 heteroatoms. The Bertz CT molecular complexity index is 712. The fraction of sp³-hybridized carbons (Fsp3) is 0.421. The van der Waals surface area contributed by atoms with Gasteiger partial charge in [-0.3, -0.25) is 9.88 Å². The molecule has 1 saturated heterocycles. The smallest absolute Gasteiger partial charge is 0.231 e. The van der Waals surface area contributed by atoms with Gasteiger partial charge in [0.05, 0.1) is 11.7 Å². The predicted octanol–water partition coefficient (Wildman–Crippen LogP) is 2.50. The molecule has 0 aliphatic carbocycles. The zero-order chi connectivity index (χ0) is 16.4. The average Bonchev–Trinajstić information content (AvgIpc) is 2.90. The summed E-state index contributed by atoms with van der Waals surface area (Å²) < 4.78 is 11.0. The second kappa shape index (κ2) is 6.79. The number of aryl methyl sites for hydroxylation is 1. The lowest BCUT2D eigenvalue weighted by Gasteiger charge is -2.30. The van der Waals surface area contributed by atoms with Gasteiger partial charge in [0.15, 0.2) is 11.5 Å². The van der Waals surface area contributed by atoms with Crippen LogP contribution >= 0.6 is 0 Å². The summed E-state index contributed by atoms with van der Waals surface area (Å²) in [4.78, 5) is 7.33. The van der Waals surface area contributed by atoms with Crippen molar-refractivity contribution in [2.45, 2.75) is 19.4 Å². The van der Waals surface area contributed by atoms with Gasteiger partial charge in [-0.2, -0.15) is 0 Å². The fourth-order valence-corrected chi connectivity index (χ4v) is 3.49. The molecular weight excluding hydrogens is 302 g/mol. The quantitative estimate of drug-likeness (QED) is 0.939. The largest absolute Gasteiger partial charge is 0.454 e. The molecule has 1 unspecified atom stereocenters. The van der Waals surface area contributed by atoms with Crippen LogP contribution in [-0.2, 0) is 0 Å². The molecule has 0 radical (unpaired) electrons. The van der Waals surface area contributed by atoms with Crippen LogP contribution in [0.4, 0.5) is 0 Å². The van der Waals surface area contributed by atoms with Crippen LogP contribution in [0, 0.1) is 6.92 Å². The molecule has 0 saturated carbocycles. The lowest BCUT2D eigenvalue weighted by atomic mass is 10.00. The Morgan fingerprint density at radius 3 is 2.92 bits per heavy atom. The summed E-state index contributed by atoms with van der Waals surface area (Å²) in [6.07, 6.45) is 1.15. The predicted molar refractivity (Wildman–Crippen MR) is 92.4 cm³/mol. The molecule has 1 atom stereocenters. The van der Waals surface area contributed by atoms with Crippen LogP contribution < -0.4 is 14.8 Å². The van der Waals surface area contributed by atoms with E-state index in [4.69, 9.17) is 14.5 Å². The van der Waals surface area contributed by atoms with E-state index in [2.05, 4.69) is 34.5 Å². The summed E-state index contributed by atoms with van der Waals surface area (Å²) in [5, 5.41) is 3.48. The summed E-state index contributed by atoms with van der Waals surface area (Å²) in [6, 6.07) is 12.7. The number of hydrogen-bond acceptors (Lipinski definition) is 5. The van der Waals surface area contributed by atoms with Crippen molar-refractivity contribution in [1.82, 2.24) is 15.2 Å². The monoisotopic (exact) mass is 325 g/mol. The highest BCUT2D eigenvalue weighted by Crippen LogP contribution is 2.37. The van der Waals surface area contributed by atoms with E-state index >= 15 is 0 Å². The van der Waals surface area contributed by atoms with Gasteiger partial charge in [-0.25, -0.2) is 0 Å². The van der Waals surface area contributed by atoms with E-state index in [1.165, 1.54) is 5.56 Å². The van der Waals surface area contributed by atoms with Gasteiger partial charge in [-0.1, -0.05) is 12.1 Å². The zero-order valence-electron chi connectivity index (χ0n) is 14.0. The Morgan fingerprint density at radius 1 is 1.08 bits per heavy atom. The van der Waals surface area contributed by atoms with E-state index in [1.807, 2.05) is 19.1 Å². The zero-order valence-corrected chi connectivity index (χ0v) is 14.0. The molecule has 126 valence electrons. The van der Waals surface area contributed by atoms with E-state index in [1.54, 1.807) is 0 Å². The summed E-state index contributed by atoms with van der Waals surface area (Å²) in [6.45, 7) is 6.50. The highest BCUT2D eigenvalue weighted by molar-refractivity contribution is 5.46. The van der Waals surface area contributed by atoms with Crippen LogP contribution in [0.2, 0.25) is 0 Å². The van der Waals surface area contributed by atoms with E-state index in [0.29, 0.717) is 6.79 Å². The Balaban J connectivity index is 1.74. The van der Waals surface area contributed by atoms with Gasteiger partial charge >= 0.3 is 0 Å². The molecule has 1 aromatic heterocycles. The summed E-state index contributed by atoms with van der Waals surface area (Å²) in [5.41, 5.74) is 3.35. The molecule has 1 N–H and O–H groups in total. The normalized spacial score (nSPS) is 19.0. The van der Waals surface area contributed by atoms with Gasteiger partial charge in [-0.15, -0.1) is 0 Å². The molecule has 3 heterocycles. The van der Waals surface area contributed by atoms with Crippen molar-refractivity contribution in [1.29, 1.82) is 0 Å². The minimum atomic E-state index is 0.138. The van der Waals surface area contributed by atoms with Crippen molar-refractivity contribution >= 4 is 0 Å². The van der Waals surface area contributed by atoms with Gasteiger partial charge in [0.25, 0.3) is 0 Å². The van der Waals surface area contributed by atoms with E-state index in [-0.39, 0.29) is 6.04 Å². The molecule has 2 aliphatic heterocycles. The van der Waals surface area contributed by atoms with Crippen molar-refractivity contribution in [3.8, 4) is 11.5 Å². The van der Waals surface area contributed by atoms with Crippen LogP contribution in [-0.4, -0.2) is 42.9 Å². The molecular formula is C19H23N3O2. The van der Waals surface area contributed by atoms with Crippen molar-refractivity contribution in [3.05, 3.63) is 53.3 Å². The number of fused-ring (bicyclic) bond motifs is 1. The standard InChI is InChI=1S/C19H23N3O2/c1-14-4-2-5-16(21-14)19(22-10-3-8-20-9-11-22)15-6-7-17-18(12-15)24-13-23-17/h2,4-7,12,19-20H,3,8-11,13H2,1H3. The van der Waals surface area contributed by atoms with Crippen LogP contribution in [0.5, 0.6) is 11.5 Å². The van der Waals surface area contributed by atoms with Crippen LogP contribution in [0.15, 0.2) is 36.4 Å². The summed E-state index contributed by atoms with van der Waals surface area (Å²) in [5.74, 6) is 1.66. The van der Waals surface area contributed by atoms with E-state index < -0.39 is 0 Å². The molecule has 4 rings (SSSR count). The first-order valence-electron chi connectivity index (χ1n) is 8.59. The third kappa shape index (κ3) is 3.09. The van der Waals surface area contributed by atoms with Gasteiger partial charge in [0.1, 0.15) is 0 Å².